The van der Waals surface area contributed by atoms with E-state index in [-0.39, 0.29) is 18.5 Å². The summed E-state index contributed by atoms with van der Waals surface area (Å²) < 4.78 is 39.7. The standard InChI is InChI=1S/C32H37NO11/c1-17(2)40-27-14-24(15-33)23(12-22-8-10-25(38-7)11-9-22)13-26(27)29-31(42-20(5)36)32(43-21(6)37)30(41-19(4)35)28(44-29)16-39-18(3)34/h8-11,13-14,17,28-32H,12,16H2,1-7H3/t28-,29+,30-,31+,32+/m1/s1. The van der Waals surface area contributed by atoms with Gasteiger partial charge in [0, 0.05) is 33.3 Å². The molecule has 1 heterocycles. The quantitative estimate of drug-likeness (QED) is 0.268. The minimum absolute atomic E-state index is 0.260. The van der Waals surface area contributed by atoms with Gasteiger partial charge in [0.2, 0.25) is 0 Å². The van der Waals surface area contributed by atoms with Crippen molar-refractivity contribution in [3.63, 3.8) is 0 Å². The Morgan fingerprint density at radius 1 is 0.864 bits per heavy atom. The Morgan fingerprint density at radius 3 is 1.98 bits per heavy atom. The van der Waals surface area contributed by atoms with Crippen LogP contribution >= 0.6 is 0 Å². The Morgan fingerprint density at radius 2 is 1.45 bits per heavy atom. The number of rotatable bonds is 11. The monoisotopic (exact) mass is 611 g/mol. The lowest BCUT2D eigenvalue weighted by molar-refractivity contribution is -0.254. The molecule has 44 heavy (non-hydrogen) atoms. The molecule has 0 amide bonds. The van der Waals surface area contributed by atoms with E-state index < -0.39 is 54.4 Å². The molecule has 1 fully saturated rings. The molecule has 1 aliphatic rings. The second-order valence-corrected chi connectivity index (χ2v) is 10.5. The first-order valence-corrected chi connectivity index (χ1v) is 14.0. The largest absolute Gasteiger partial charge is 0.497 e. The SMILES string of the molecule is COc1ccc(Cc2cc([C@@H]3O[C@H](COC(C)=O)[C@@H](OC(C)=O)[C@H](OC(C)=O)[C@H]3OC(C)=O)c(OC(C)C)cc2C#N)cc1. The Labute approximate surface area is 256 Å². The summed E-state index contributed by atoms with van der Waals surface area (Å²) in [4.78, 5) is 48.5. The molecule has 1 aliphatic heterocycles. The van der Waals surface area contributed by atoms with E-state index in [4.69, 9.17) is 33.2 Å². The van der Waals surface area contributed by atoms with Crippen LogP contribution in [0.4, 0.5) is 0 Å². The topological polar surface area (TPSA) is 157 Å². The fraction of sp³-hybridized carbons (Fsp3) is 0.469. The number of hydrogen-bond acceptors (Lipinski definition) is 12. The van der Waals surface area contributed by atoms with Gasteiger partial charge in [-0.15, -0.1) is 0 Å². The van der Waals surface area contributed by atoms with Crippen LogP contribution in [0.15, 0.2) is 36.4 Å². The zero-order valence-electron chi connectivity index (χ0n) is 25.8. The van der Waals surface area contributed by atoms with Gasteiger partial charge in [-0.25, -0.2) is 0 Å². The molecule has 0 N–H and O–H groups in total. The molecule has 2 aromatic carbocycles. The van der Waals surface area contributed by atoms with Gasteiger partial charge >= 0.3 is 23.9 Å². The predicted molar refractivity (Wildman–Crippen MR) is 154 cm³/mol. The molecule has 5 atom stereocenters. The third kappa shape index (κ3) is 8.94. The highest BCUT2D eigenvalue weighted by molar-refractivity contribution is 5.69. The van der Waals surface area contributed by atoms with Crippen molar-refractivity contribution in [2.24, 2.45) is 0 Å². The minimum atomic E-state index is -1.35. The van der Waals surface area contributed by atoms with Gasteiger partial charge in [0.25, 0.3) is 0 Å². The molecule has 0 bridgehead atoms. The first-order valence-electron chi connectivity index (χ1n) is 14.0. The van der Waals surface area contributed by atoms with Gasteiger partial charge in [-0.05, 0) is 55.7 Å². The van der Waals surface area contributed by atoms with Crippen molar-refractivity contribution < 1.29 is 52.3 Å². The van der Waals surface area contributed by atoms with Gasteiger partial charge < -0.3 is 33.2 Å². The summed E-state index contributed by atoms with van der Waals surface area (Å²) in [5.41, 5.74) is 2.20. The van der Waals surface area contributed by atoms with E-state index in [1.165, 1.54) is 13.8 Å². The molecule has 0 aromatic heterocycles. The van der Waals surface area contributed by atoms with E-state index in [2.05, 4.69) is 6.07 Å². The van der Waals surface area contributed by atoms with Gasteiger partial charge in [0.1, 0.15) is 30.3 Å². The molecule has 1 saturated heterocycles. The lowest BCUT2D eigenvalue weighted by Crippen LogP contribution is -2.59. The number of carbonyl (C=O) groups excluding carboxylic acids is 4. The summed E-state index contributed by atoms with van der Waals surface area (Å²) in [6.45, 7) is 7.91. The van der Waals surface area contributed by atoms with Crippen molar-refractivity contribution in [2.75, 3.05) is 13.7 Å². The van der Waals surface area contributed by atoms with Crippen LogP contribution in [0.3, 0.4) is 0 Å². The number of esters is 4. The Balaban J connectivity index is 2.24. The lowest BCUT2D eigenvalue weighted by Gasteiger charge is -2.45. The van der Waals surface area contributed by atoms with E-state index in [1.54, 1.807) is 45.2 Å². The number of methoxy groups -OCH3 is 1. The third-order valence-corrected chi connectivity index (χ3v) is 6.57. The van der Waals surface area contributed by atoms with E-state index in [9.17, 15) is 24.4 Å². The van der Waals surface area contributed by atoms with Crippen LogP contribution in [0.2, 0.25) is 0 Å². The predicted octanol–water partition coefficient (Wildman–Crippen LogP) is 3.74. The van der Waals surface area contributed by atoms with Crippen LogP contribution in [0.5, 0.6) is 11.5 Å². The second-order valence-electron chi connectivity index (χ2n) is 10.5. The van der Waals surface area contributed by atoms with Crippen molar-refractivity contribution in [2.45, 2.75) is 84.6 Å². The number of nitriles is 1. The normalized spacial score (nSPS) is 21.0. The van der Waals surface area contributed by atoms with Crippen molar-refractivity contribution in [1.82, 2.24) is 0 Å². The molecule has 0 unspecified atom stereocenters. The maximum absolute atomic E-state index is 12.4. The molecule has 2 aromatic rings. The third-order valence-electron chi connectivity index (χ3n) is 6.57. The molecular weight excluding hydrogens is 574 g/mol. The number of hydrogen-bond donors (Lipinski definition) is 0. The molecule has 0 spiro atoms. The fourth-order valence-corrected chi connectivity index (χ4v) is 4.91. The zero-order chi connectivity index (χ0) is 32.6. The van der Waals surface area contributed by atoms with Crippen LogP contribution in [0.25, 0.3) is 0 Å². The maximum atomic E-state index is 12.4. The average molecular weight is 612 g/mol. The number of nitrogens with zero attached hydrogens (tertiary/aromatic N) is 1. The van der Waals surface area contributed by atoms with Crippen molar-refractivity contribution in [3.8, 4) is 17.6 Å². The van der Waals surface area contributed by atoms with Crippen LogP contribution in [0, 0.1) is 11.3 Å². The first kappa shape index (κ1) is 33.9. The summed E-state index contributed by atoms with van der Waals surface area (Å²) in [5, 5.41) is 10.1. The second kappa shape index (κ2) is 15.2. The van der Waals surface area contributed by atoms with Crippen molar-refractivity contribution in [3.05, 3.63) is 58.7 Å². The Kier molecular flexibility index (Phi) is 11.7. The fourth-order valence-electron chi connectivity index (χ4n) is 4.91. The zero-order valence-corrected chi connectivity index (χ0v) is 25.8. The summed E-state index contributed by atoms with van der Waals surface area (Å²) in [6, 6.07) is 12.8. The van der Waals surface area contributed by atoms with Crippen LogP contribution in [-0.2, 0) is 49.3 Å². The molecule has 3 rings (SSSR count). The highest BCUT2D eigenvalue weighted by atomic mass is 16.7. The lowest BCUT2D eigenvalue weighted by atomic mass is 9.87. The molecule has 236 valence electrons. The summed E-state index contributed by atoms with van der Waals surface area (Å²) >= 11 is 0. The highest BCUT2D eigenvalue weighted by Crippen LogP contribution is 2.42. The highest BCUT2D eigenvalue weighted by Gasteiger charge is 2.53. The summed E-state index contributed by atoms with van der Waals surface area (Å²) in [5.74, 6) is -1.88. The van der Waals surface area contributed by atoms with Crippen LogP contribution < -0.4 is 9.47 Å². The smallest absolute Gasteiger partial charge is 0.303 e. The van der Waals surface area contributed by atoms with E-state index in [0.717, 1.165) is 19.4 Å². The summed E-state index contributed by atoms with van der Waals surface area (Å²) in [7, 11) is 1.57. The number of benzene rings is 2. The van der Waals surface area contributed by atoms with Gasteiger partial charge in [0.05, 0.1) is 24.8 Å². The van der Waals surface area contributed by atoms with Gasteiger partial charge in [-0.2, -0.15) is 5.26 Å². The van der Waals surface area contributed by atoms with Crippen molar-refractivity contribution >= 4 is 23.9 Å². The van der Waals surface area contributed by atoms with Crippen molar-refractivity contribution in [1.29, 1.82) is 5.26 Å². The van der Waals surface area contributed by atoms with E-state index in [0.29, 0.717) is 28.9 Å². The van der Waals surface area contributed by atoms with Gasteiger partial charge in [0.15, 0.2) is 18.3 Å². The average Bonchev–Trinajstić information content (AvgIpc) is 2.94. The molecule has 0 radical (unpaired) electrons. The van der Waals surface area contributed by atoms with E-state index in [1.807, 2.05) is 12.1 Å². The molecule has 0 saturated carbocycles. The number of ether oxygens (including phenoxy) is 7. The molecular formula is C32H37NO11. The Bertz CT molecular complexity index is 1400. The van der Waals surface area contributed by atoms with Crippen LogP contribution in [-0.4, -0.2) is 68.1 Å². The molecule has 12 nitrogen and oxygen atoms in total. The number of carbonyl (C=O) groups is 4. The summed E-state index contributed by atoms with van der Waals surface area (Å²) in [6.07, 6.45) is -6.30. The minimum Gasteiger partial charge on any atom is -0.497 e. The Hall–Kier alpha value is -4.63. The van der Waals surface area contributed by atoms with Crippen LogP contribution in [0.1, 0.15) is 69.9 Å². The molecule has 0 aliphatic carbocycles. The van der Waals surface area contributed by atoms with E-state index >= 15 is 0 Å². The van der Waals surface area contributed by atoms with Gasteiger partial charge in [-0.1, -0.05) is 12.1 Å². The maximum Gasteiger partial charge on any atom is 0.303 e. The first-order chi connectivity index (χ1) is 20.8. The molecule has 12 heteroatoms. The van der Waals surface area contributed by atoms with Gasteiger partial charge in [-0.3, -0.25) is 19.2 Å².